The molecule has 1 aromatic heterocycles. The fourth-order valence-electron chi connectivity index (χ4n) is 3.06. The molecule has 0 aliphatic carbocycles. The monoisotopic (exact) mass is 377 g/mol. The molecule has 1 aromatic carbocycles. The molecule has 1 aliphatic heterocycles. The standard InChI is InChI=1S/C22H23N3O3/c1-15-7-6-12-25(18(15)26)14-22(19(27)23-20(28)24-22)17-9-5-8-16(13-17)10-11-21(2,3)4/h5-9,12-13H,14H2,1-4H3,(H2,23,24,27,28). The molecule has 1 unspecified atom stereocenters. The molecule has 6 heteroatoms. The molecular formula is C22H23N3O3. The van der Waals surface area contributed by atoms with Crippen LogP contribution in [0.1, 0.15) is 37.5 Å². The number of hydrogen-bond acceptors (Lipinski definition) is 3. The van der Waals surface area contributed by atoms with Gasteiger partial charge >= 0.3 is 6.03 Å². The highest BCUT2D eigenvalue weighted by atomic mass is 16.2. The second kappa shape index (κ2) is 7.01. The average molecular weight is 377 g/mol. The predicted octanol–water partition coefficient (Wildman–Crippen LogP) is 2.29. The highest BCUT2D eigenvalue weighted by Gasteiger charge is 2.48. The number of aryl methyl sites for hydroxylation is 1. The van der Waals surface area contributed by atoms with Gasteiger partial charge in [0.1, 0.15) is 0 Å². The van der Waals surface area contributed by atoms with Crippen LogP contribution in [0, 0.1) is 24.2 Å². The summed E-state index contributed by atoms with van der Waals surface area (Å²) < 4.78 is 1.44. The number of hydrogen-bond donors (Lipinski definition) is 2. The first-order valence-electron chi connectivity index (χ1n) is 9.04. The summed E-state index contributed by atoms with van der Waals surface area (Å²) in [6, 6.07) is 10.0. The van der Waals surface area contributed by atoms with Crippen LogP contribution in [-0.2, 0) is 16.9 Å². The summed E-state index contributed by atoms with van der Waals surface area (Å²) >= 11 is 0. The van der Waals surface area contributed by atoms with E-state index in [9.17, 15) is 14.4 Å². The molecule has 0 spiro atoms. The lowest BCUT2D eigenvalue weighted by Crippen LogP contribution is -2.49. The van der Waals surface area contributed by atoms with Gasteiger partial charge in [-0.3, -0.25) is 14.9 Å². The van der Waals surface area contributed by atoms with E-state index in [0.717, 1.165) is 5.56 Å². The normalized spacial score (nSPS) is 18.9. The SMILES string of the molecule is Cc1cccn(CC2(c3cccc(C#CC(C)(C)C)c3)NC(=O)NC2=O)c1=O. The number of nitrogens with zero attached hydrogens (tertiary/aromatic N) is 1. The molecule has 3 amide bonds. The van der Waals surface area contributed by atoms with Crippen molar-refractivity contribution in [2.75, 3.05) is 0 Å². The lowest BCUT2D eigenvalue weighted by Gasteiger charge is -2.27. The number of nitrogens with one attached hydrogen (secondary N) is 2. The minimum Gasteiger partial charge on any atom is -0.318 e. The van der Waals surface area contributed by atoms with Gasteiger partial charge in [-0.1, -0.05) is 30.0 Å². The summed E-state index contributed by atoms with van der Waals surface area (Å²) in [6.07, 6.45) is 1.61. The van der Waals surface area contributed by atoms with Crippen molar-refractivity contribution in [1.29, 1.82) is 0 Å². The van der Waals surface area contributed by atoms with Crippen molar-refractivity contribution >= 4 is 11.9 Å². The molecule has 2 heterocycles. The van der Waals surface area contributed by atoms with E-state index < -0.39 is 17.5 Å². The van der Waals surface area contributed by atoms with Gasteiger partial charge in [-0.05, 0) is 51.5 Å². The van der Waals surface area contributed by atoms with Crippen LogP contribution in [0.4, 0.5) is 4.79 Å². The van der Waals surface area contributed by atoms with Crippen molar-refractivity contribution in [3.63, 3.8) is 0 Å². The van der Waals surface area contributed by atoms with Crippen LogP contribution >= 0.6 is 0 Å². The Morgan fingerprint density at radius 2 is 1.86 bits per heavy atom. The number of carbonyl (C=O) groups excluding carboxylic acids is 2. The molecule has 28 heavy (non-hydrogen) atoms. The first-order chi connectivity index (χ1) is 13.1. The van der Waals surface area contributed by atoms with Crippen molar-refractivity contribution in [3.8, 4) is 11.8 Å². The molecule has 1 aliphatic rings. The van der Waals surface area contributed by atoms with E-state index in [2.05, 4.69) is 22.5 Å². The Labute approximate surface area is 164 Å². The fraction of sp³-hybridized carbons (Fsp3) is 0.318. The quantitative estimate of drug-likeness (QED) is 0.636. The van der Waals surface area contributed by atoms with Crippen molar-refractivity contribution in [2.45, 2.75) is 39.8 Å². The summed E-state index contributed by atoms with van der Waals surface area (Å²) in [5, 5.41) is 5.02. The zero-order chi connectivity index (χ0) is 20.5. The van der Waals surface area contributed by atoms with Crippen LogP contribution in [0.25, 0.3) is 0 Å². The molecule has 2 aromatic rings. The number of pyridine rings is 1. The lowest BCUT2D eigenvalue weighted by atomic mass is 9.88. The van der Waals surface area contributed by atoms with Gasteiger partial charge in [-0.2, -0.15) is 0 Å². The Morgan fingerprint density at radius 3 is 2.50 bits per heavy atom. The second-order valence-electron chi connectivity index (χ2n) is 8.02. The third-order valence-corrected chi connectivity index (χ3v) is 4.50. The maximum Gasteiger partial charge on any atom is 0.322 e. The van der Waals surface area contributed by atoms with Crippen molar-refractivity contribution < 1.29 is 9.59 Å². The summed E-state index contributed by atoms with van der Waals surface area (Å²) in [6.45, 7) is 7.74. The minimum absolute atomic E-state index is 0.0127. The van der Waals surface area contributed by atoms with Crippen LogP contribution in [0.2, 0.25) is 0 Å². The second-order valence-corrected chi connectivity index (χ2v) is 8.02. The molecule has 3 rings (SSSR count). The summed E-state index contributed by atoms with van der Waals surface area (Å²) in [5.41, 5.74) is 0.115. The molecule has 1 fully saturated rings. The summed E-state index contributed by atoms with van der Waals surface area (Å²) in [4.78, 5) is 37.3. The van der Waals surface area contributed by atoms with Gasteiger partial charge in [0, 0.05) is 22.7 Å². The van der Waals surface area contributed by atoms with Crippen molar-refractivity contribution in [2.24, 2.45) is 5.41 Å². The van der Waals surface area contributed by atoms with E-state index in [4.69, 9.17) is 0 Å². The largest absolute Gasteiger partial charge is 0.322 e. The maximum atomic E-state index is 12.8. The summed E-state index contributed by atoms with van der Waals surface area (Å²) in [7, 11) is 0. The summed E-state index contributed by atoms with van der Waals surface area (Å²) in [5.74, 6) is 5.78. The molecule has 144 valence electrons. The van der Waals surface area contributed by atoms with Crippen molar-refractivity contribution in [3.05, 3.63) is 69.6 Å². The van der Waals surface area contributed by atoms with Gasteiger partial charge in [0.15, 0.2) is 5.54 Å². The Kier molecular flexibility index (Phi) is 4.86. The molecular weight excluding hydrogens is 354 g/mol. The Balaban J connectivity index is 2.10. The maximum absolute atomic E-state index is 12.8. The Bertz CT molecular complexity index is 1070. The van der Waals surface area contributed by atoms with Gasteiger partial charge in [0.05, 0.1) is 6.54 Å². The van der Waals surface area contributed by atoms with E-state index in [-0.39, 0.29) is 17.5 Å². The van der Waals surface area contributed by atoms with E-state index >= 15 is 0 Å². The van der Waals surface area contributed by atoms with Gasteiger partial charge < -0.3 is 9.88 Å². The average Bonchev–Trinajstić information content (AvgIpc) is 2.91. The molecule has 1 saturated heterocycles. The Morgan fingerprint density at radius 1 is 1.11 bits per heavy atom. The number of benzene rings is 1. The number of amides is 3. The highest BCUT2D eigenvalue weighted by Crippen LogP contribution is 2.27. The van der Waals surface area contributed by atoms with E-state index in [0.29, 0.717) is 11.1 Å². The van der Waals surface area contributed by atoms with Crippen LogP contribution in [0.3, 0.4) is 0 Å². The predicted molar refractivity (Wildman–Crippen MR) is 107 cm³/mol. The lowest BCUT2D eigenvalue weighted by molar-refractivity contribution is -0.124. The first kappa shape index (κ1) is 19.4. The molecule has 0 radical (unpaired) electrons. The molecule has 0 bridgehead atoms. The van der Waals surface area contributed by atoms with Gasteiger partial charge in [-0.25, -0.2) is 4.79 Å². The third-order valence-electron chi connectivity index (χ3n) is 4.50. The smallest absolute Gasteiger partial charge is 0.318 e. The Hall–Kier alpha value is -3.33. The molecule has 6 nitrogen and oxygen atoms in total. The van der Waals surface area contributed by atoms with Gasteiger partial charge in [-0.15, -0.1) is 0 Å². The number of aromatic nitrogens is 1. The number of urea groups is 1. The van der Waals surface area contributed by atoms with E-state index in [1.165, 1.54) is 4.57 Å². The van der Waals surface area contributed by atoms with Crippen LogP contribution in [0.15, 0.2) is 47.4 Å². The number of rotatable bonds is 3. The zero-order valence-electron chi connectivity index (χ0n) is 16.4. The topological polar surface area (TPSA) is 80.2 Å². The first-order valence-corrected chi connectivity index (χ1v) is 9.04. The van der Waals surface area contributed by atoms with Gasteiger partial charge in [0.2, 0.25) is 0 Å². The highest BCUT2D eigenvalue weighted by molar-refractivity contribution is 6.07. The number of carbonyl (C=O) groups is 2. The van der Waals surface area contributed by atoms with Crippen molar-refractivity contribution in [1.82, 2.24) is 15.2 Å². The third kappa shape index (κ3) is 3.84. The fourth-order valence-corrected chi connectivity index (χ4v) is 3.06. The van der Waals surface area contributed by atoms with Crippen LogP contribution in [0.5, 0.6) is 0 Å². The van der Waals surface area contributed by atoms with Crippen LogP contribution < -0.4 is 16.2 Å². The van der Waals surface area contributed by atoms with E-state index in [1.54, 1.807) is 43.5 Å². The zero-order valence-corrected chi connectivity index (χ0v) is 16.4. The van der Waals surface area contributed by atoms with E-state index in [1.807, 2.05) is 26.8 Å². The van der Waals surface area contributed by atoms with Crippen LogP contribution in [-0.4, -0.2) is 16.5 Å². The van der Waals surface area contributed by atoms with Gasteiger partial charge in [0.25, 0.3) is 11.5 Å². The molecule has 0 saturated carbocycles. The minimum atomic E-state index is -1.38. The number of imide groups is 1. The molecule has 2 N–H and O–H groups in total. The molecule has 1 atom stereocenters.